The molecule has 21 heavy (non-hydrogen) atoms. The van der Waals surface area contributed by atoms with Gasteiger partial charge in [-0.05, 0) is 17.4 Å². The van der Waals surface area contributed by atoms with E-state index in [1.807, 2.05) is 0 Å². The van der Waals surface area contributed by atoms with Crippen molar-refractivity contribution in [3.63, 3.8) is 0 Å². The van der Waals surface area contributed by atoms with E-state index in [0.717, 1.165) is 17.5 Å². The minimum absolute atomic E-state index is 0.996. The van der Waals surface area contributed by atoms with Crippen LogP contribution in [0.3, 0.4) is 0 Å². The highest BCUT2D eigenvalue weighted by Gasteiger charge is 2.17. The maximum atomic E-state index is 4.99. The first-order valence-electron chi connectivity index (χ1n) is 7.32. The van der Waals surface area contributed by atoms with Gasteiger partial charge in [-0.25, -0.2) is 4.99 Å². The predicted octanol–water partition coefficient (Wildman–Crippen LogP) is 3.97. The maximum absolute atomic E-state index is 4.99. The Labute approximate surface area is 122 Å². The third-order valence-corrected chi connectivity index (χ3v) is 4.42. The van der Waals surface area contributed by atoms with Gasteiger partial charge >= 0.3 is 0 Å². The molecule has 0 N–H and O–H groups in total. The summed E-state index contributed by atoms with van der Waals surface area (Å²) in [5, 5.41) is 4.93. The summed E-state index contributed by atoms with van der Waals surface area (Å²) in [6.45, 7) is 0. The molecule has 0 aromatic heterocycles. The van der Waals surface area contributed by atoms with E-state index in [-0.39, 0.29) is 0 Å². The van der Waals surface area contributed by atoms with Gasteiger partial charge in [0.25, 0.3) is 0 Å². The summed E-state index contributed by atoms with van der Waals surface area (Å²) >= 11 is 0. The zero-order chi connectivity index (χ0) is 13.8. The second-order valence-electron chi connectivity index (χ2n) is 5.60. The number of nitrogens with zero attached hydrogens (tertiary/aromatic N) is 1. The van der Waals surface area contributed by atoms with Gasteiger partial charge in [0, 0.05) is 21.7 Å². The summed E-state index contributed by atoms with van der Waals surface area (Å²) in [5.41, 5.74) is 4.93. The van der Waals surface area contributed by atoms with Gasteiger partial charge in [-0.2, -0.15) is 0 Å². The molecular formula is C20H13N. The molecule has 1 aliphatic heterocycles. The zero-order valence-electron chi connectivity index (χ0n) is 11.5. The lowest BCUT2D eigenvalue weighted by molar-refractivity contribution is 1.32. The first-order valence-corrected chi connectivity index (χ1v) is 7.32. The van der Waals surface area contributed by atoms with Crippen molar-refractivity contribution in [1.29, 1.82) is 0 Å². The van der Waals surface area contributed by atoms with Crippen molar-refractivity contribution in [2.75, 3.05) is 0 Å². The Morgan fingerprint density at radius 1 is 0.857 bits per heavy atom. The number of hydrogen-bond acceptors (Lipinski definition) is 1. The lowest BCUT2D eigenvalue weighted by Gasteiger charge is -2.05. The van der Waals surface area contributed by atoms with Gasteiger partial charge in [-0.3, -0.25) is 0 Å². The van der Waals surface area contributed by atoms with Crippen molar-refractivity contribution in [3.8, 4) is 11.1 Å². The SMILES string of the molecule is C1=Cc2ccc3c(c2=CC1)=Nc1c-3ccc2ccccc12. The number of fused-ring (bicyclic) bond motifs is 7. The Morgan fingerprint density at radius 2 is 1.76 bits per heavy atom. The monoisotopic (exact) mass is 267 g/mol. The fraction of sp³-hybridized carbons (Fsp3) is 0.0500. The Balaban J connectivity index is 1.96. The van der Waals surface area contributed by atoms with Crippen molar-refractivity contribution in [2.45, 2.75) is 6.42 Å². The van der Waals surface area contributed by atoms with Crippen LogP contribution in [-0.2, 0) is 0 Å². The molecule has 0 amide bonds. The Kier molecular flexibility index (Phi) is 2.06. The summed E-state index contributed by atoms with van der Waals surface area (Å²) in [4.78, 5) is 4.99. The second kappa shape index (κ2) is 3.92. The predicted molar refractivity (Wildman–Crippen MR) is 87.9 cm³/mol. The lowest BCUT2D eigenvalue weighted by atomic mass is 9.97. The van der Waals surface area contributed by atoms with Crippen LogP contribution in [0.1, 0.15) is 12.0 Å². The highest BCUT2D eigenvalue weighted by molar-refractivity contribution is 6.01. The van der Waals surface area contributed by atoms with Crippen LogP contribution < -0.4 is 10.6 Å². The summed E-state index contributed by atoms with van der Waals surface area (Å²) < 4.78 is 0. The molecule has 2 aliphatic rings. The molecule has 0 fully saturated rings. The second-order valence-corrected chi connectivity index (χ2v) is 5.60. The average Bonchev–Trinajstić information content (AvgIpc) is 2.94. The summed E-state index contributed by atoms with van der Waals surface area (Å²) in [5.74, 6) is 0. The Bertz CT molecular complexity index is 1060. The fourth-order valence-electron chi connectivity index (χ4n) is 3.41. The first-order chi connectivity index (χ1) is 10.4. The van der Waals surface area contributed by atoms with Gasteiger partial charge < -0.3 is 0 Å². The van der Waals surface area contributed by atoms with Gasteiger partial charge in [0.1, 0.15) is 0 Å². The van der Waals surface area contributed by atoms with E-state index in [1.54, 1.807) is 0 Å². The third-order valence-electron chi connectivity index (χ3n) is 4.42. The number of rotatable bonds is 0. The van der Waals surface area contributed by atoms with Gasteiger partial charge in [-0.1, -0.05) is 66.8 Å². The number of hydrogen-bond donors (Lipinski definition) is 0. The minimum atomic E-state index is 0.996. The smallest absolute Gasteiger partial charge is 0.0794 e. The molecular weight excluding hydrogens is 254 g/mol. The van der Waals surface area contributed by atoms with Crippen LogP contribution in [0.5, 0.6) is 0 Å². The highest BCUT2D eigenvalue weighted by Crippen LogP contribution is 2.38. The molecule has 0 spiro atoms. The van der Waals surface area contributed by atoms with Crippen molar-refractivity contribution in [2.24, 2.45) is 4.99 Å². The highest BCUT2D eigenvalue weighted by atomic mass is 14.8. The van der Waals surface area contributed by atoms with Crippen LogP contribution in [-0.4, -0.2) is 0 Å². The molecule has 0 bridgehead atoms. The van der Waals surface area contributed by atoms with Crippen molar-refractivity contribution in [3.05, 3.63) is 70.7 Å². The van der Waals surface area contributed by atoms with Gasteiger partial charge in [-0.15, -0.1) is 0 Å². The maximum Gasteiger partial charge on any atom is 0.0794 e. The molecule has 98 valence electrons. The molecule has 1 aliphatic carbocycles. The molecule has 5 rings (SSSR count). The van der Waals surface area contributed by atoms with E-state index in [4.69, 9.17) is 4.99 Å². The molecule has 0 radical (unpaired) electrons. The van der Waals surface area contributed by atoms with E-state index in [0.29, 0.717) is 0 Å². The largest absolute Gasteiger partial charge is 0.246 e. The fourth-order valence-corrected chi connectivity index (χ4v) is 3.41. The quantitative estimate of drug-likeness (QED) is 0.457. The molecule has 0 atom stereocenters. The van der Waals surface area contributed by atoms with Crippen molar-refractivity contribution in [1.82, 2.24) is 0 Å². The topological polar surface area (TPSA) is 12.4 Å². The van der Waals surface area contributed by atoms with E-state index >= 15 is 0 Å². The number of allylic oxidation sites excluding steroid dienone is 1. The van der Waals surface area contributed by atoms with Gasteiger partial charge in [0.2, 0.25) is 0 Å². The molecule has 3 aromatic rings. The molecule has 0 saturated heterocycles. The summed E-state index contributed by atoms with van der Waals surface area (Å²) in [7, 11) is 0. The molecule has 1 heterocycles. The third kappa shape index (κ3) is 1.43. The Morgan fingerprint density at radius 3 is 2.76 bits per heavy atom. The number of benzene rings is 3. The van der Waals surface area contributed by atoms with Crippen LogP contribution in [0, 0.1) is 0 Å². The van der Waals surface area contributed by atoms with Crippen LogP contribution in [0.4, 0.5) is 5.69 Å². The molecule has 3 aromatic carbocycles. The van der Waals surface area contributed by atoms with E-state index in [2.05, 4.69) is 66.8 Å². The normalized spacial score (nSPS) is 14.1. The lowest BCUT2D eigenvalue weighted by Crippen LogP contribution is -2.28. The van der Waals surface area contributed by atoms with Crippen LogP contribution in [0.25, 0.3) is 34.1 Å². The molecule has 0 unspecified atom stereocenters. The van der Waals surface area contributed by atoms with Crippen molar-refractivity contribution < 1.29 is 0 Å². The molecule has 0 saturated carbocycles. The minimum Gasteiger partial charge on any atom is -0.246 e. The average molecular weight is 267 g/mol. The summed E-state index contributed by atoms with van der Waals surface area (Å²) in [6, 6.07) is 17.3. The standard InChI is InChI=1S/C20H13N/c1-3-7-15-13(5-1)9-11-17-18-12-10-14-6-2-4-8-16(14)20(18)21-19(15)17/h1-3,5-12H,4H2. The molecule has 1 nitrogen and oxygen atoms in total. The Hall–Kier alpha value is -2.67. The van der Waals surface area contributed by atoms with Crippen molar-refractivity contribution >= 4 is 28.6 Å². The summed E-state index contributed by atoms with van der Waals surface area (Å²) in [6.07, 6.45) is 7.68. The van der Waals surface area contributed by atoms with E-state index in [9.17, 15) is 0 Å². The van der Waals surface area contributed by atoms with Gasteiger partial charge in [0.15, 0.2) is 0 Å². The van der Waals surface area contributed by atoms with Crippen LogP contribution >= 0.6 is 0 Å². The zero-order valence-corrected chi connectivity index (χ0v) is 11.5. The molecule has 1 heteroatoms. The van der Waals surface area contributed by atoms with E-state index in [1.165, 1.54) is 32.7 Å². The first kappa shape index (κ1) is 11.0. The van der Waals surface area contributed by atoms with Crippen LogP contribution in [0.15, 0.2) is 59.6 Å². The van der Waals surface area contributed by atoms with Crippen LogP contribution in [0.2, 0.25) is 0 Å². The van der Waals surface area contributed by atoms with E-state index < -0.39 is 0 Å². The van der Waals surface area contributed by atoms with Gasteiger partial charge in [0.05, 0.1) is 11.0 Å².